The van der Waals surface area contributed by atoms with E-state index in [1.165, 1.54) is 30.3 Å². The lowest BCUT2D eigenvalue weighted by molar-refractivity contribution is 0.102. The van der Waals surface area contributed by atoms with Crippen LogP contribution in [0.25, 0.3) is 0 Å². The van der Waals surface area contributed by atoms with Gasteiger partial charge < -0.3 is 11.1 Å². The molecule has 0 atom stereocenters. The zero-order chi connectivity index (χ0) is 20.1. The van der Waals surface area contributed by atoms with E-state index in [9.17, 15) is 13.2 Å². The Hall–Kier alpha value is -2.87. The summed E-state index contributed by atoms with van der Waals surface area (Å²) in [7, 11) is -3.86. The fraction of sp³-hybridized carbons (Fsp3) is 0.0500. The van der Waals surface area contributed by atoms with Gasteiger partial charge in [0.25, 0.3) is 15.9 Å². The molecule has 6 nitrogen and oxygen atoms in total. The smallest absolute Gasteiger partial charge is 0.261 e. The van der Waals surface area contributed by atoms with Gasteiger partial charge >= 0.3 is 0 Å². The average Bonchev–Trinajstić information content (AvgIpc) is 2.70. The fourth-order valence-corrected chi connectivity index (χ4v) is 3.84. The normalized spacial score (nSPS) is 11.1. The fourth-order valence-electron chi connectivity index (χ4n) is 2.57. The molecule has 0 fully saturated rings. The van der Waals surface area contributed by atoms with Gasteiger partial charge in [0.1, 0.15) is 0 Å². The van der Waals surface area contributed by atoms with E-state index < -0.39 is 15.9 Å². The number of benzene rings is 3. The summed E-state index contributed by atoms with van der Waals surface area (Å²) in [5.41, 5.74) is 7.25. The molecule has 28 heavy (non-hydrogen) atoms. The van der Waals surface area contributed by atoms with Crippen molar-refractivity contribution in [1.29, 1.82) is 0 Å². The second-order valence-electron chi connectivity index (χ2n) is 5.97. The lowest BCUT2D eigenvalue weighted by Crippen LogP contribution is -2.18. The van der Waals surface area contributed by atoms with Gasteiger partial charge in [-0.15, -0.1) is 0 Å². The topological polar surface area (TPSA) is 101 Å². The van der Waals surface area contributed by atoms with E-state index in [1.807, 2.05) is 6.07 Å². The Bertz CT molecular complexity index is 1100. The third-order valence-corrected chi connectivity index (χ3v) is 5.56. The average molecular weight is 416 g/mol. The van der Waals surface area contributed by atoms with Crippen molar-refractivity contribution in [3.8, 4) is 0 Å². The number of nitrogens with two attached hydrogens (primary N) is 1. The van der Waals surface area contributed by atoms with Crippen LogP contribution in [0.3, 0.4) is 0 Å². The predicted octanol–water partition coefficient (Wildman–Crippen LogP) is 3.85. The van der Waals surface area contributed by atoms with Crippen molar-refractivity contribution in [2.45, 2.75) is 11.4 Å². The number of hydrogen-bond donors (Lipinski definition) is 3. The maximum Gasteiger partial charge on any atom is 0.261 e. The minimum atomic E-state index is -3.86. The van der Waals surface area contributed by atoms with Gasteiger partial charge in [0, 0.05) is 17.3 Å². The highest BCUT2D eigenvalue weighted by Crippen LogP contribution is 2.25. The molecule has 0 aliphatic carbocycles. The van der Waals surface area contributed by atoms with E-state index in [0.717, 1.165) is 5.56 Å². The molecule has 3 aromatic rings. The number of hydrogen-bond acceptors (Lipinski definition) is 4. The molecule has 0 spiro atoms. The van der Waals surface area contributed by atoms with Crippen molar-refractivity contribution >= 4 is 38.9 Å². The molecule has 1 amide bonds. The third-order valence-electron chi connectivity index (χ3n) is 3.94. The van der Waals surface area contributed by atoms with Gasteiger partial charge in [0.2, 0.25) is 0 Å². The highest BCUT2D eigenvalue weighted by atomic mass is 35.5. The Morgan fingerprint density at radius 3 is 2.43 bits per heavy atom. The lowest BCUT2D eigenvalue weighted by atomic mass is 10.1. The number of nitrogens with one attached hydrogen (secondary N) is 2. The molecular formula is C20H18ClN3O3S. The second-order valence-corrected chi connectivity index (χ2v) is 8.09. The number of sulfonamides is 1. The maximum atomic E-state index is 12.8. The van der Waals surface area contributed by atoms with Crippen LogP contribution < -0.4 is 15.8 Å². The summed E-state index contributed by atoms with van der Waals surface area (Å²) in [6.45, 7) is 0.336. The highest BCUT2D eigenvalue weighted by molar-refractivity contribution is 7.92. The number of anilines is 2. The summed E-state index contributed by atoms with van der Waals surface area (Å²) < 4.78 is 27.7. The van der Waals surface area contributed by atoms with Crippen LogP contribution >= 0.6 is 11.6 Å². The Kier molecular flexibility index (Phi) is 5.99. The molecule has 0 bridgehead atoms. The molecule has 0 radical (unpaired) electrons. The van der Waals surface area contributed by atoms with Gasteiger partial charge in [-0.05, 0) is 48.0 Å². The Balaban J connectivity index is 1.91. The lowest BCUT2D eigenvalue weighted by Gasteiger charge is -2.14. The molecule has 0 heterocycles. The Morgan fingerprint density at radius 2 is 1.71 bits per heavy atom. The molecule has 0 unspecified atom stereocenters. The molecule has 144 valence electrons. The summed E-state index contributed by atoms with van der Waals surface area (Å²) in [6.07, 6.45) is 0. The minimum absolute atomic E-state index is 0.0898. The third kappa shape index (κ3) is 4.69. The van der Waals surface area contributed by atoms with Gasteiger partial charge in [-0.2, -0.15) is 0 Å². The van der Waals surface area contributed by atoms with E-state index >= 15 is 0 Å². The van der Waals surface area contributed by atoms with Crippen LogP contribution in [-0.4, -0.2) is 14.3 Å². The molecule has 0 aromatic heterocycles. The largest absolute Gasteiger partial charge is 0.326 e. The monoisotopic (exact) mass is 415 g/mol. The molecule has 0 saturated carbocycles. The molecule has 3 aromatic carbocycles. The first-order valence-corrected chi connectivity index (χ1v) is 10.2. The predicted molar refractivity (Wildman–Crippen MR) is 111 cm³/mol. The first-order valence-electron chi connectivity index (χ1n) is 8.37. The van der Waals surface area contributed by atoms with Crippen LogP contribution in [0.1, 0.15) is 15.9 Å². The molecule has 0 aliphatic rings. The first-order chi connectivity index (χ1) is 13.4. The maximum absolute atomic E-state index is 12.8. The molecule has 0 saturated heterocycles. The zero-order valence-electron chi connectivity index (χ0n) is 14.7. The van der Waals surface area contributed by atoms with E-state index in [0.29, 0.717) is 17.3 Å². The van der Waals surface area contributed by atoms with Crippen LogP contribution in [0.4, 0.5) is 11.4 Å². The SMILES string of the molecule is NCc1cccc(NC(=O)c2cc(Cl)ccc2NS(=O)(=O)c2ccccc2)c1. The van der Waals surface area contributed by atoms with Gasteiger partial charge in [-0.3, -0.25) is 9.52 Å². The van der Waals surface area contributed by atoms with Gasteiger partial charge in [-0.25, -0.2) is 8.42 Å². The van der Waals surface area contributed by atoms with E-state index in [1.54, 1.807) is 36.4 Å². The van der Waals surface area contributed by atoms with Crippen LogP contribution in [-0.2, 0) is 16.6 Å². The molecule has 3 rings (SSSR count). The van der Waals surface area contributed by atoms with E-state index in [2.05, 4.69) is 10.0 Å². The van der Waals surface area contributed by atoms with Crippen molar-refractivity contribution in [1.82, 2.24) is 0 Å². The van der Waals surface area contributed by atoms with Gasteiger partial charge in [0.15, 0.2) is 0 Å². The van der Waals surface area contributed by atoms with Gasteiger partial charge in [0.05, 0.1) is 16.1 Å². The molecule has 4 N–H and O–H groups in total. The zero-order valence-corrected chi connectivity index (χ0v) is 16.3. The summed E-state index contributed by atoms with van der Waals surface area (Å²) in [4.78, 5) is 12.9. The Labute approximate surface area is 168 Å². The van der Waals surface area contributed by atoms with Crippen molar-refractivity contribution in [3.05, 3.63) is 88.9 Å². The Morgan fingerprint density at radius 1 is 0.964 bits per heavy atom. The molecule has 0 aliphatic heterocycles. The van der Waals surface area contributed by atoms with Crippen LogP contribution in [0.5, 0.6) is 0 Å². The van der Waals surface area contributed by atoms with Crippen molar-refractivity contribution in [2.75, 3.05) is 10.0 Å². The number of carbonyl (C=O) groups is 1. The van der Waals surface area contributed by atoms with Crippen molar-refractivity contribution in [2.24, 2.45) is 5.73 Å². The summed E-state index contributed by atoms with van der Waals surface area (Å²) in [5, 5.41) is 3.05. The highest BCUT2D eigenvalue weighted by Gasteiger charge is 2.19. The van der Waals surface area contributed by atoms with Crippen molar-refractivity contribution < 1.29 is 13.2 Å². The van der Waals surface area contributed by atoms with E-state index in [4.69, 9.17) is 17.3 Å². The number of amides is 1. The van der Waals surface area contributed by atoms with Gasteiger partial charge in [-0.1, -0.05) is 41.9 Å². The summed E-state index contributed by atoms with van der Waals surface area (Å²) >= 11 is 6.03. The summed E-state index contributed by atoms with van der Waals surface area (Å²) in [5.74, 6) is -0.498. The quantitative estimate of drug-likeness (QED) is 0.569. The molecule has 8 heteroatoms. The second kappa shape index (κ2) is 8.43. The van der Waals surface area contributed by atoms with Crippen LogP contribution in [0, 0.1) is 0 Å². The minimum Gasteiger partial charge on any atom is -0.326 e. The van der Waals surface area contributed by atoms with E-state index in [-0.39, 0.29) is 16.1 Å². The molecular weight excluding hydrogens is 398 g/mol. The number of rotatable bonds is 6. The van der Waals surface area contributed by atoms with Crippen molar-refractivity contribution in [3.63, 3.8) is 0 Å². The number of carbonyl (C=O) groups excluding carboxylic acids is 1. The van der Waals surface area contributed by atoms with Crippen LogP contribution in [0.2, 0.25) is 5.02 Å². The standard InChI is InChI=1S/C20H18ClN3O3S/c21-15-9-10-19(24-28(26,27)17-7-2-1-3-8-17)18(12-15)20(25)23-16-6-4-5-14(11-16)13-22/h1-12,24H,13,22H2,(H,23,25). The first kappa shape index (κ1) is 19.9. The number of halogens is 1. The summed E-state index contributed by atoms with van der Waals surface area (Å²) in [6, 6.07) is 19.3. The van der Waals surface area contributed by atoms with Crippen LogP contribution in [0.15, 0.2) is 77.7 Å².